The number of hydrogen-bond acceptors (Lipinski definition) is 1. The molecule has 14 heavy (non-hydrogen) atoms. The number of carboxylic acids is 1. The molecule has 0 radical (unpaired) electrons. The van der Waals surface area contributed by atoms with Crippen molar-refractivity contribution in [2.75, 3.05) is 0 Å². The maximum Gasteiger partial charge on any atom is 0.328 e. The second-order valence-corrected chi connectivity index (χ2v) is 4.25. The van der Waals surface area contributed by atoms with E-state index in [4.69, 9.17) is 5.11 Å². The van der Waals surface area contributed by atoms with Crippen LogP contribution < -0.4 is 0 Å². The molecule has 1 aromatic heterocycles. The molecular weight excluding hydrogens is 178 g/mol. The Bertz CT molecular complexity index is 342. The number of rotatable bonds is 2. The van der Waals surface area contributed by atoms with Gasteiger partial charge in [0, 0.05) is 18.5 Å². The van der Waals surface area contributed by atoms with E-state index in [1.54, 1.807) is 12.4 Å². The first-order valence-corrected chi connectivity index (χ1v) is 4.49. The number of aromatic amines is 1. The van der Waals surface area contributed by atoms with E-state index in [-0.39, 0.29) is 5.41 Å². The number of H-pyrrole nitrogens is 1. The average Bonchev–Trinajstić information content (AvgIpc) is 2.49. The highest BCUT2D eigenvalue weighted by Gasteiger charge is 2.19. The summed E-state index contributed by atoms with van der Waals surface area (Å²) in [4.78, 5) is 13.6. The summed E-state index contributed by atoms with van der Waals surface area (Å²) in [5.74, 6) is -0.906. The summed E-state index contributed by atoms with van der Waals surface area (Å²) in [5, 5.41) is 8.76. The fraction of sp³-hybridized carbons (Fsp3) is 0.364. The molecule has 0 aliphatic rings. The normalized spacial score (nSPS) is 12.9. The molecule has 3 nitrogen and oxygen atoms in total. The molecule has 1 aromatic rings. The van der Waals surface area contributed by atoms with Crippen molar-refractivity contribution in [2.24, 2.45) is 5.41 Å². The van der Waals surface area contributed by atoms with Gasteiger partial charge in [0.05, 0.1) is 0 Å². The third kappa shape index (κ3) is 2.49. The fourth-order valence-electron chi connectivity index (χ4n) is 1.35. The van der Waals surface area contributed by atoms with Crippen LogP contribution in [0.4, 0.5) is 0 Å². The minimum atomic E-state index is -0.906. The van der Waals surface area contributed by atoms with E-state index in [1.165, 1.54) is 6.08 Å². The maximum atomic E-state index is 10.7. The molecule has 2 N–H and O–H groups in total. The van der Waals surface area contributed by atoms with Gasteiger partial charge in [-0.05, 0) is 22.6 Å². The molecule has 3 heteroatoms. The first-order valence-electron chi connectivity index (χ1n) is 4.49. The van der Waals surface area contributed by atoms with Gasteiger partial charge in [0.2, 0.25) is 0 Å². The average molecular weight is 193 g/mol. The van der Waals surface area contributed by atoms with Crippen LogP contribution in [-0.4, -0.2) is 16.1 Å². The van der Waals surface area contributed by atoms with Gasteiger partial charge in [-0.2, -0.15) is 0 Å². The molecule has 0 aliphatic heterocycles. The third-order valence-electron chi connectivity index (χ3n) is 1.98. The summed E-state index contributed by atoms with van der Waals surface area (Å²) in [7, 11) is 0. The third-order valence-corrected chi connectivity index (χ3v) is 1.98. The van der Waals surface area contributed by atoms with Crippen LogP contribution in [0.5, 0.6) is 0 Å². The highest BCUT2D eigenvalue weighted by molar-refractivity contribution is 5.91. The molecule has 0 unspecified atom stereocenters. The lowest BCUT2D eigenvalue weighted by atomic mass is 9.83. The van der Waals surface area contributed by atoms with Crippen molar-refractivity contribution in [3.05, 3.63) is 30.1 Å². The fourth-order valence-corrected chi connectivity index (χ4v) is 1.35. The van der Waals surface area contributed by atoms with E-state index >= 15 is 0 Å². The summed E-state index contributed by atoms with van der Waals surface area (Å²) in [6, 6.07) is 1.88. The minimum Gasteiger partial charge on any atom is -0.478 e. The molecule has 0 bridgehead atoms. The Balaban J connectivity index is 3.14. The van der Waals surface area contributed by atoms with Gasteiger partial charge in [0.25, 0.3) is 0 Å². The van der Waals surface area contributed by atoms with E-state index in [1.807, 2.05) is 26.8 Å². The Morgan fingerprint density at radius 1 is 1.50 bits per heavy atom. The van der Waals surface area contributed by atoms with Crippen molar-refractivity contribution >= 4 is 11.5 Å². The number of allylic oxidation sites excluding steroid dienone is 1. The molecule has 0 aromatic carbocycles. The first-order chi connectivity index (χ1) is 6.41. The Labute approximate surface area is 83.5 Å². The van der Waals surface area contributed by atoms with Crippen LogP contribution in [0.15, 0.2) is 24.5 Å². The monoisotopic (exact) mass is 193 g/mol. The van der Waals surface area contributed by atoms with Gasteiger partial charge in [0.1, 0.15) is 0 Å². The summed E-state index contributed by atoms with van der Waals surface area (Å²) in [6.45, 7) is 5.98. The number of hydrogen-bond donors (Lipinski definition) is 2. The number of nitrogens with one attached hydrogen (secondary N) is 1. The van der Waals surface area contributed by atoms with Crippen LogP contribution in [-0.2, 0) is 4.79 Å². The first kappa shape index (κ1) is 10.6. The van der Waals surface area contributed by atoms with Crippen molar-refractivity contribution < 1.29 is 9.90 Å². The van der Waals surface area contributed by atoms with E-state index in [2.05, 4.69) is 4.98 Å². The number of carbonyl (C=O) groups is 1. The quantitative estimate of drug-likeness (QED) is 0.709. The van der Waals surface area contributed by atoms with Gasteiger partial charge < -0.3 is 10.1 Å². The van der Waals surface area contributed by atoms with Crippen LogP contribution in [0.2, 0.25) is 0 Å². The summed E-state index contributed by atoms with van der Waals surface area (Å²) < 4.78 is 0. The number of aromatic nitrogens is 1. The van der Waals surface area contributed by atoms with Gasteiger partial charge in [-0.25, -0.2) is 4.79 Å². The Morgan fingerprint density at radius 2 is 2.14 bits per heavy atom. The van der Waals surface area contributed by atoms with Crippen molar-refractivity contribution in [2.45, 2.75) is 20.8 Å². The van der Waals surface area contributed by atoms with Crippen molar-refractivity contribution in [1.82, 2.24) is 4.98 Å². The van der Waals surface area contributed by atoms with Gasteiger partial charge in [0.15, 0.2) is 0 Å². The van der Waals surface area contributed by atoms with Crippen molar-refractivity contribution in [3.8, 4) is 0 Å². The molecular formula is C11H15NO2. The molecule has 1 heterocycles. The SMILES string of the molecule is CC(C)(C)/C(=C/C(=O)O)c1cc[nH]c1. The van der Waals surface area contributed by atoms with E-state index < -0.39 is 5.97 Å². The standard InChI is InChI=1S/C11H15NO2/c1-11(2,3)9(6-10(13)14)8-4-5-12-7-8/h4-7,12H,1-3H3,(H,13,14)/b9-6+. The lowest BCUT2D eigenvalue weighted by molar-refractivity contribution is -0.131. The summed E-state index contributed by atoms with van der Waals surface area (Å²) >= 11 is 0. The van der Waals surface area contributed by atoms with Crippen LogP contribution in [0, 0.1) is 5.41 Å². The predicted octanol–water partition coefficient (Wildman–Crippen LogP) is 2.53. The molecule has 0 saturated carbocycles. The van der Waals surface area contributed by atoms with E-state index in [0.29, 0.717) is 0 Å². The van der Waals surface area contributed by atoms with Crippen LogP contribution >= 0.6 is 0 Å². The molecule has 0 spiro atoms. The van der Waals surface area contributed by atoms with Crippen LogP contribution in [0.25, 0.3) is 5.57 Å². The molecule has 0 amide bonds. The lowest BCUT2D eigenvalue weighted by Gasteiger charge is -2.21. The second-order valence-electron chi connectivity index (χ2n) is 4.25. The lowest BCUT2D eigenvalue weighted by Crippen LogP contribution is -2.09. The largest absolute Gasteiger partial charge is 0.478 e. The molecule has 1 rings (SSSR count). The predicted molar refractivity (Wildman–Crippen MR) is 55.9 cm³/mol. The summed E-state index contributed by atoms with van der Waals surface area (Å²) in [5.41, 5.74) is 1.59. The highest BCUT2D eigenvalue weighted by atomic mass is 16.4. The Hall–Kier alpha value is -1.51. The van der Waals surface area contributed by atoms with Gasteiger partial charge in [-0.1, -0.05) is 20.8 Å². The second kappa shape index (κ2) is 3.70. The molecule has 76 valence electrons. The summed E-state index contributed by atoms with van der Waals surface area (Å²) in [6.07, 6.45) is 4.86. The van der Waals surface area contributed by atoms with Crippen LogP contribution in [0.3, 0.4) is 0 Å². The highest BCUT2D eigenvalue weighted by Crippen LogP contribution is 2.33. The zero-order valence-corrected chi connectivity index (χ0v) is 8.66. The molecule has 0 atom stereocenters. The van der Waals surface area contributed by atoms with E-state index in [0.717, 1.165) is 11.1 Å². The van der Waals surface area contributed by atoms with E-state index in [9.17, 15) is 4.79 Å². The molecule has 0 fully saturated rings. The maximum absolute atomic E-state index is 10.7. The number of aliphatic carboxylic acids is 1. The van der Waals surface area contributed by atoms with Gasteiger partial charge in [-0.3, -0.25) is 0 Å². The molecule has 0 aliphatic carbocycles. The molecule has 0 saturated heterocycles. The zero-order valence-electron chi connectivity index (χ0n) is 8.66. The smallest absolute Gasteiger partial charge is 0.328 e. The number of carboxylic acid groups (broad SMARTS) is 1. The van der Waals surface area contributed by atoms with Gasteiger partial charge in [-0.15, -0.1) is 0 Å². The van der Waals surface area contributed by atoms with Crippen LogP contribution in [0.1, 0.15) is 26.3 Å². The van der Waals surface area contributed by atoms with Crippen molar-refractivity contribution in [1.29, 1.82) is 0 Å². The minimum absolute atomic E-state index is 0.166. The van der Waals surface area contributed by atoms with Gasteiger partial charge >= 0.3 is 5.97 Å². The topological polar surface area (TPSA) is 53.1 Å². The zero-order chi connectivity index (χ0) is 10.8. The van der Waals surface area contributed by atoms with Crippen molar-refractivity contribution in [3.63, 3.8) is 0 Å². The Morgan fingerprint density at radius 3 is 2.50 bits per heavy atom. The Kier molecular flexibility index (Phi) is 2.79.